The summed E-state index contributed by atoms with van der Waals surface area (Å²) < 4.78 is 38.6. The summed E-state index contributed by atoms with van der Waals surface area (Å²) in [6.45, 7) is 0.941. The molecule has 1 atom stereocenters. The zero-order valence-electron chi connectivity index (χ0n) is 13.3. The first kappa shape index (κ1) is 16.5. The third-order valence-electron chi connectivity index (χ3n) is 3.97. The molecule has 1 amide bonds. The van der Waals surface area contributed by atoms with Gasteiger partial charge in [0.1, 0.15) is 24.2 Å². The van der Waals surface area contributed by atoms with E-state index in [2.05, 4.69) is 15.1 Å². The molecule has 1 N–H and O–H groups in total. The smallest absolute Gasteiger partial charge is 0.345 e. The number of aromatic nitrogens is 4. The summed E-state index contributed by atoms with van der Waals surface area (Å²) >= 11 is 0. The highest BCUT2D eigenvalue weighted by Gasteiger charge is 2.35. The molecule has 0 saturated carbocycles. The average Bonchev–Trinajstić information content (AvgIpc) is 3.11. The van der Waals surface area contributed by atoms with Gasteiger partial charge >= 0.3 is 6.18 Å². The molecule has 130 valence electrons. The van der Waals surface area contributed by atoms with Gasteiger partial charge in [-0.15, -0.1) is 0 Å². The zero-order chi connectivity index (χ0) is 17.5. The molecule has 2 aromatic rings. The van der Waals surface area contributed by atoms with Crippen molar-refractivity contribution in [2.45, 2.75) is 32.0 Å². The molecule has 3 rings (SSSR count). The van der Waals surface area contributed by atoms with Gasteiger partial charge in [-0.3, -0.25) is 9.48 Å². The van der Waals surface area contributed by atoms with Crippen LogP contribution in [-0.2, 0) is 11.8 Å². The number of fused-ring (bicyclic) bond motifs is 1. The van der Waals surface area contributed by atoms with E-state index in [0.29, 0.717) is 42.1 Å². The standard InChI is InChI=1S/C14H17F3N6O/c1-8-20-11-9(6-19-22(11)2)12(21-8)23-5-3-4-10(23)13(24)18-7-14(15,16)17/h6,10H,3-5,7H2,1-2H3,(H,18,24). The van der Waals surface area contributed by atoms with Gasteiger partial charge in [-0.1, -0.05) is 0 Å². The fourth-order valence-electron chi connectivity index (χ4n) is 2.93. The summed E-state index contributed by atoms with van der Waals surface area (Å²) in [5.41, 5.74) is 0.624. The van der Waals surface area contributed by atoms with Crippen molar-refractivity contribution in [2.24, 2.45) is 7.05 Å². The SMILES string of the molecule is Cc1nc(N2CCCC2C(=O)NCC(F)(F)F)c2cnn(C)c2n1. The fourth-order valence-corrected chi connectivity index (χ4v) is 2.93. The number of carbonyl (C=O) groups is 1. The van der Waals surface area contributed by atoms with Crippen LogP contribution < -0.4 is 10.2 Å². The monoisotopic (exact) mass is 342 g/mol. The number of anilines is 1. The van der Waals surface area contributed by atoms with E-state index in [-0.39, 0.29) is 0 Å². The Hall–Kier alpha value is -2.39. The summed E-state index contributed by atoms with van der Waals surface area (Å²) in [7, 11) is 1.75. The molecule has 7 nitrogen and oxygen atoms in total. The minimum absolute atomic E-state index is 0.481. The van der Waals surface area contributed by atoms with Crippen molar-refractivity contribution in [2.75, 3.05) is 18.0 Å². The molecule has 2 aromatic heterocycles. The maximum absolute atomic E-state index is 12.3. The van der Waals surface area contributed by atoms with Crippen LogP contribution in [-0.4, -0.2) is 51.0 Å². The maximum atomic E-state index is 12.3. The lowest BCUT2D eigenvalue weighted by Crippen LogP contribution is -2.46. The molecular formula is C14H17F3N6O. The molecule has 1 aliphatic rings. The number of hydrogen-bond donors (Lipinski definition) is 1. The Labute approximate surface area is 135 Å². The van der Waals surface area contributed by atoms with Crippen molar-refractivity contribution in [1.82, 2.24) is 25.1 Å². The third kappa shape index (κ3) is 3.13. The van der Waals surface area contributed by atoms with Crippen LogP contribution in [0.5, 0.6) is 0 Å². The van der Waals surface area contributed by atoms with E-state index in [1.807, 2.05) is 5.32 Å². The Morgan fingerprint density at radius 2 is 2.17 bits per heavy atom. The van der Waals surface area contributed by atoms with E-state index in [4.69, 9.17) is 0 Å². The lowest BCUT2D eigenvalue weighted by Gasteiger charge is -2.25. The van der Waals surface area contributed by atoms with Gasteiger partial charge in [-0.25, -0.2) is 9.97 Å². The molecule has 0 bridgehead atoms. The Kier molecular flexibility index (Phi) is 4.06. The molecule has 1 unspecified atom stereocenters. The van der Waals surface area contributed by atoms with E-state index in [9.17, 15) is 18.0 Å². The van der Waals surface area contributed by atoms with Gasteiger partial charge in [-0.05, 0) is 19.8 Å². The van der Waals surface area contributed by atoms with Crippen LogP contribution in [0.3, 0.4) is 0 Å². The van der Waals surface area contributed by atoms with Crippen LogP contribution in [0.2, 0.25) is 0 Å². The highest BCUT2D eigenvalue weighted by atomic mass is 19.4. The lowest BCUT2D eigenvalue weighted by atomic mass is 10.2. The molecule has 0 spiro atoms. The van der Waals surface area contributed by atoms with Crippen molar-refractivity contribution in [3.05, 3.63) is 12.0 Å². The summed E-state index contributed by atoms with van der Waals surface area (Å²) in [6, 6.07) is -0.676. The predicted molar refractivity (Wildman–Crippen MR) is 80.5 cm³/mol. The lowest BCUT2D eigenvalue weighted by molar-refractivity contribution is -0.139. The molecular weight excluding hydrogens is 325 g/mol. The number of carbonyl (C=O) groups excluding carboxylic acids is 1. The Morgan fingerprint density at radius 1 is 1.42 bits per heavy atom. The van der Waals surface area contributed by atoms with E-state index in [1.165, 1.54) is 0 Å². The van der Waals surface area contributed by atoms with Crippen molar-refractivity contribution in [3.63, 3.8) is 0 Å². The Bertz CT molecular complexity index is 772. The number of hydrogen-bond acceptors (Lipinski definition) is 5. The molecule has 1 fully saturated rings. The number of alkyl halides is 3. The number of aryl methyl sites for hydroxylation is 2. The summed E-state index contributed by atoms with van der Waals surface area (Å²) in [5.74, 6) is 0.413. The first-order chi connectivity index (χ1) is 11.3. The molecule has 0 radical (unpaired) electrons. The highest BCUT2D eigenvalue weighted by Crippen LogP contribution is 2.30. The fraction of sp³-hybridized carbons (Fsp3) is 0.571. The minimum atomic E-state index is -4.43. The number of rotatable bonds is 3. The zero-order valence-corrected chi connectivity index (χ0v) is 13.3. The Morgan fingerprint density at radius 3 is 2.88 bits per heavy atom. The normalized spacial score (nSPS) is 18.4. The number of nitrogens with one attached hydrogen (secondary N) is 1. The molecule has 3 heterocycles. The first-order valence-electron chi connectivity index (χ1n) is 7.54. The van der Waals surface area contributed by atoms with E-state index in [0.717, 1.165) is 0 Å². The number of amides is 1. The number of nitrogens with zero attached hydrogens (tertiary/aromatic N) is 5. The van der Waals surface area contributed by atoms with E-state index >= 15 is 0 Å². The molecule has 10 heteroatoms. The van der Waals surface area contributed by atoms with Crippen molar-refractivity contribution in [3.8, 4) is 0 Å². The summed E-state index contributed by atoms with van der Waals surface area (Å²) in [6.07, 6.45) is -1.64. The van der Waals surface area contributed by atoms with Crippen LogP contribution in [0, 0.1) is 6.92 Å². The van der Waals surface area contributed by atoms with Crippen molar-refractivity contribution in [1.29, 1.82) is 0 Å². The van der Waals surface area contributed by atoms with Crippen molar-refractivity contribution >= 4 is 22.8 Å². The van der Waals surface area contributed by atoms with Gasteiger partial charge in [0.2, 0.25) is 5.91 Å². The van der Waals surface area contributed by atoms with Gasteiger partial charge in [0.25, 0.3) is 0 Å². The second kappa shape index (κ2) is 5.91. The first-order valence-corrected chi connectivity index (χ1v) is 7.54. The van der Waals surface area contributed by atoms with Crippen LogP contribution in [0.15, 0.2) is 6.20 Å². The van der Waals surface area contributed by atoms with Crippen LogP contribution >= 0.6 is 0 Å². The number of halogens is 3. The third-order valence-corrected chi connectivity index (χ3v) is 3.97. The van der Waals surface area contributed by atoms with E-state index in [1.54, 1.807) is 29.7 Å². The van der Waals surface area contributed by atoms with E-state index < -0.39 is 24.7 Å². The van der Waals surface area contributed by atoms with Gasteiger partial charge in [0.05, 0.1) is 11.6 Å². The molecule has 1 saturated heterocycles. The van der Waals surface area contributed by atoms with Gasteiger partial charge in [0, 0.05) is 13.6 Å². The average molecular weight is 342 g/mol. The summed E-state index contributed by atoms with van der Waals surface area (Å²) in [5, 5.41) is 6.79. The second-order valence-electron chi connectivity index (χ2n) is 5.78. The van der Waals surface area contributed by atoms with Gasteiger partial charge < -0.3 is 10.2 Å². The molecule has 1 aliphatic heterocycles. The van der Waals surface area contributed by atoms with Crippen LogP contribution in [0.4, 0.5) is 19.0 Å². The quantitative estimate of drug-likeness (QED) is 0.910. The minimum Gasteiger partial charge on any atom is -0.345 e. The topological polar surface area (TPSA) is 75.9 Å². The van der Waals surface area contributed by atoms with Gasteiger partial charge in [0.15, 0.2) is 5.65 Å². The van der Waals surface area contributed by atoms with Gasteiger partial charge in [-0.2, -0.15) is 18.3 Å². The molecule has 0 aromatic carbocycles. The Balaban J connectivity index is 1.90. The van der Waals surface area contributed by atoms with Crippen LogP contribution in [0.1, 0.15) is 18.7 Å². The highest BCUT2D eigenvalue weighted by molar-refractivity contribution is 5.92. The predicted octanol–water partition coefficient (Wildman–Crippen LogP) is 1.32. The summed E-state index contributed by atoms with van der Waals surface area (Å²) in [4.78, 5) is 22.6. The van der Waals surface area contributed by atoms with Crippen LogP contribution in [0.25, 0.3) is 11.0 Å². The molecule has 0 aliphatic carbocycles. The maximum Gasteiger partial charge on any atom is 0.405 e. The molecule has 24 heavy (non-hydrogen) atoms. The van der Waals surface area contributed by atoms with Crippen molar-refractivity contribution < 1.29 is 18.0 Å². The second-order valence-corrected chi connectivity index (χ2v) is 5.78. The largest absolute Gasteiger partial charge is 0.405 e.